The number of nitrogens with zero attached hydrogens (tertiary/aromatic N) is 1. The van der Waals surface area contributed by atoms with Crippen LogP contribution in [-0.2, 0) is 19.1 Å². The SMILES string of the molecule is COc1ccc(NC(=O)[C@H]2[C@H]3C=C[C@@]4(O3)[C@H]2C(=O)N([C@@H]2CCC[C@H](C)[C@H]2C)[C@@H]4C(=O)NC2CCCCC2)cc1. The second-order valence-electron chi connectivity index (χ2n) is 12.3. The maximum absolute atomic E-state index is 14.4. The van der Waals surface area contributed by atoms with Gasteiger partial charge in [-0.2, -0.15) is 0 Å². The molecule has 3 aliphatic heterocycles. The van der Waals surface area contributed by atoms with Gasteiger partial charge in [0, 0.05) is 17.8 Å². The smallest absolute Gasteiger partial charge is 0.246 e. The van der Waals surface area contributed by atoms with E-state index in [1.54, 1.807) is 31.4 Å². The van der Waals surface area contributed by atoms with Crippen LogP contribution in [0.3, 0.4) is 0 Å². The number of benzene rings is 1. The first kappa shape index (κ1) is 26.4. The second-order valence-corrected chi connectivity index (χ2v) is 12.3. The van der Waals surface area contributed by atoms with Crippen LogP contribution in [0, 0.1) is 23.7 Å². The summed E-state index contributed by atoms with van der Waals surface area (Å²) in [7, 11) is 1.60. The van der Waals surface area contributed by atoms with E-state index in [9.17, 15) is 14.4 Å². The number of nitrogens with one attached hydrogen (secondary N) is 2. The molecular formula is C31H41N3O5. The summed E-state index contributed by atoms with van der Waals surface area (Å²) in [6.45, 7) is 4.44. The molecular weight excluding hydrogens is 494 g/mol. The van der Waals surface area contributed by atoms with E-state index in [0.29, 0.717) is 17.4 Å². The van der Waals surface area contributed by atoms with Gasteiger partial charge in [-0.15, -0.1) is 0 Å². The largest absolute Gasteiger partial charge is 0.497 e. The summed E-state index contributed by atoms with van der Waals surface area (Å²) in [6, 6.07) is 6.44. The molecule has 210 valence electrons. The highest BCUT2D eigenvalue weighted by Gasteiger charge is 2.73. The molecule has 4 fully saturated rings. The number of ether oxygens (including phenoxy) is 2. The summed E-state index contributed by atoms with van der Waals surface area (Å²) in [6.07, 6.45) is 11.6. The van der Waals surface area contributed by atoms with Crippen LogP contribution in [0.2, 0.25) is 0 Å². The topological polar surface area (TPSA) is 97.0 Å². The molecule has 3 amide bonds. The van der Waals surface area contributed by atoms with Crippen molar-refractivity contribution in [1.29, 1.82) is 0 Å². The molecule has 0 radical (unpaired) electrons. The maximum Gasteiger partial charge on any atom is 0.246 e. The van der Waals surface area contributed by atoms with Crippen molar-refractivity contribution in [3.63, 3.8) is 0 Å². The Morgan fingerprint density at radius 1 is 1.00 bits per heavy atom. The van der Waals surface area contributed by atoms with Crippen LogP contribution < -0.4 is 15.4 Å². The number of carbonyl (C=O) groups excluding carboxylic acids is 3. The van der Waals surface area contributed by atoms with Crippen LogP contribution >= 0.6 is 0 Å². The molecule has 1 aromatic carbocycles. The van der Waals surface area contributed by atoms with Crippen molar-refractivity contribution in [3.8, 4) is 5.75 Å². The van der Waals surface area contributed by atoms with E-state index < -0.39 is 29.6 Å². The lowest BCUT2D eigenvalue weighted by molar-refractivity contribution is -0.146. The Bertz CT molecular complexity index is 1150. The second kappa shape index (κ2) is 10.3. The standard InChI is InChI=1S/C31H41N3O5/c1-18-8-7-11-23(19(18)2)34-27(29(36)33-20-9-5-4-6-10-20)31-17-16-24(39-31)25(26(31)30(34)37)28(35)32-21-12-14-22(38-3)15-13-21/h12-20,23-27H,4-11H2,1-3H3,(H,32,35)(H,33,36)/t18-,19+,23+,24+,25-,26+,27+,31+/m0/s1. The van der Waals surface area contributed by atoms with Crippen LogP contribution in [0.25, 0.3) is 0 Å². The van der Waals surface area contributed by atoms with Gasteiger partial charge in [0.2, 0.25) is 17.7 Å². The van der Waals surface area contributed by atoms with Crippen LogP contribution in [0.5, 0.6) is 5.75 Å². The Kier molecular flexibility index (Phi) is 6.94. The first-order valence-corrected chi connectivity index (χ1v) is 14.8. The molecule has 1 spiro atoms. The van der Waals surface area contributed by atoms with E-state index >= 15 is 0 Å². The minimum absolute atomic E-state index is 0.0512. The highest BCUT2D eigenvalue weighted by atomic mass is 16.5. The molecule has 2 saturated carbocycles. The summed E-state index contributed by atoms with van der Waals surface area (Å²) in [5, 5.41) is 6.29. The van der Waals surface area contributed by atoms with Crippen LogP contribution in [-0.4, -0.2) is 59.6 Å². The van der Waals surface area contributed by atoms with Crippen molar-refractivity contribution in [2.45, 2.75) is 95.0 Å². The lowest BCUT2D eigenvalue weighted by atomic mass is 9.74. The molecule has 5 aliphatic rings. The molecule has 2 bridgehead atoms. The van der Waals surface area contributed by atoms with Crippen molar-refractivity contribution < 1.29 is 23.9 Å². The number of carbonyl (C=O) groups is 3. The van der Waals surface area contributed by atoms with E-state index in [1.165, 1.54) is 6.42 Å². The van der Waals surface area contributed by atoms with Gasteiger partial charge < -0.3 is 25.0 Å². The average molecular weight is 536 g/mol. The number of amides is 3. The lowest BCUT2D eigenvalue weighted by Gasteiger charge is -2.44. The van der Waals surface area contributed by atoms with E-state index in [1.807, 2.05) is 17.1 Å². The van der Waals surface area contributed by atoms with Gasteiger partial charge in [-0.05, 0) is 55.4 Å². The van der Waals surface area contributed by atoms with E-state index in [-0.39, 0.29) is 35.7 Å². The first-order valence-electron chi connectivity index (χ1n) is 14.8. The number of hydrogen-bond donors (Lipinski definition) is 2. The molecule has 1 aromatic rings. The normalized spacial score (nSPS) is 37.6. The Labute approximate surface area is 230 Å². The quantitative estimate of drug-likeness (QED) is 0.536. The first-order chi connectivity index (χ1) is 18.8. The van der Waals surface area contributed by atoms with Gasteiger partial charge in [0.05, 0.1) is 25.0 Å². The fourth-order valence-electron chi connectivity index (χ4n) is 7.94. The van der Waals surface area contributed by atoms with Gasteiger partial charge in [-0.3, -0.25) is 14.4 Å². The third-order valence-electron chi connectivity index (χ3n) is 10.2. The van der Waals surface area contributed by atoms with Gasteiger partial charge in [0.15, 0.2) is 0 Å². The summed E-state index contributed by atoms with van der Waals surface area (Å²) in [5.74, 6) is -0.519. The summed E-state index contributed by atoms with van der Waals surface area (Å²) in [4.78, 5) is 44.1. The molecule has 0 aromatic heterocycles. The molecule has 0 unspecified atom stereocenters. The van der Waals surface area contributed by atoms with Crippen molar-refractivity contribution in [3.05, 3.63) is 36.4 Å². The molecule has 2 N–H and O–H groups in total. The van der Waals surface area contributed by atoms with E-state index in [0.717, 1.165) is 44.9 Å². The Morgan fingerprint density at radius 2 is 1.74 bits per heavy atom. The molecule has 8 nitrogen and oxygen atoms in total. The van der Waals surface area contributed by atoms with Gasteiger partial charge in [-0.1, -0.05) is 58.1 Å². The molecule has 8 atom stereocenters. The minimum atomic E-state index is -1.12. The molecule has 8 heteroatoms. The molecule has 2 saturated heterocycles. The Hall–Kier alpha value is -2.87. The molecule has 2 aliphatic carbocycles. The third kappa shape index (κ3) is 4.35. The molecule has 6 rings (SSSR count). The van der Waals surface area contributed by atoms with Gasteiger partial charge in [-0.25, -0.2) is 0 Å². The Morgan fingerprint density at radius 3 is 2.46 bits per heavy atom. The number of likely N-dealkylation sites (tertiary alicyclic amines) is 1. The zero-order valence-corrected chi connectivity index (χ0v) is 23.2. The highest BCUT2D eigenvalue weighted by molar-refractivity contribution is 6.03. The number of methoxy groups -OCH3 is 1. The third-order valence-corrected chi connectivity index (χ3v) is 10.2. The summed E-state index contributed by atoms with van der Waals surface area (Å²) >= 11 is 0. The zero-order chi connectivity index (χ0) is 27.3. The van der Waals surface area contributed by atoms with Crippen molar-refractivity contribution >= 4 is 23.4 Å². The summed E-state index contributed by atoms with van der Waals surface area (Å²) < 4.78 is 11.8. The zero-order valence-electron chi connectivity index (χ0n) is 23.2. The van der Waals surface area contributed by atoms with Crippen LogP contribution in [0.1, 0.15) is 65.2 Å². The number of hydrogen-bond acceptors (Lipinski definition) is 5. The predicted molar refractivity (Wildman–Crippen MR) is 147 cm³/mol. The van der Waals surface area contributed by atoms with Crippen molar-refractivity contribution in [2.75, 3.05) is 12.4 Å². The van der Waals surface area contributed by atoms with Crippen molar-refractivity contribution in [1.82, 2.24) is 10.2 Å². The molecule has 39 heavy (non-hydrogen) atoms. The fraction of sp³-hybridized carbons (Fsp3) is 0.645. The van der Waals surface area contributed by atoms with Gasteiger partial charge in [0.25, 0.3) is 0 Å². The van der Waals surface area contributed by atoms with Crippen molar-refractivity contribution in [2.24, 2.45) is 23.7 Å². The number of rotatable bonds is 6. The maximum atomic E-state index is 14.4. The van der Waals surface area contributed by atoms with E-state index in [2.05, 4.69) is 24.5 Å². The van der Waals surface area contributed by atoms with Gasteiger partial charge >= 0.3 is 0 Å². The number of anilines is 1. The van der Waals surface area contributed by atoms with Crippen LogP contribution in [0.4, 0.5) is 5.69 Å². The number of fused-ring (bicyclic) bond motifs is 1. The monoisotopic (exact) mass is 535 g/mol. The van der Waals surface area contributed by atoms with Crippen LogP contribution in [0.15, 0.2) is 36.4 Å². The van der Waals surface area contributed by atoms with Gasteiger partial charge in [0.1, 0.15) is 17.4 Å². The fourth-order valence-corrected chi connectivity index (χ4v) is 7.94. The Balaban J connectivity index is 1.32. The predicted octanol–water partition coefficient (Wildman–Crippen LogP) is 4.06. The average Bonchev–Trinajstić information content (AvgIpc) is 3.58. The molecule has 3 heterocycles. The highest BCUT2D eigenvalue weighted by Crippen LogP contribution is 2.56. The lowest BCUT2D eigenvalue weighted by Crippen LogP contribution is -2.60. The summed E-state index contributed by atoms with van der Waals surface area (Å²) in [5.41, 5.74) is -0.492. The van der Waals surface area contributed by atoms with E-state index in [4.69, 9.17) is 9.47 Å². The minimum Gasteiger partial charge on any atom is -0.497 e.